The molecule has 0 aromatic carbocycles. The highest BCUT2D eigenvalue weighted by atomic mass is 32.1. The predicted molar refractivity (Wildman–Crippen MR) is 83.4 cm³/mol. The van der Waals surface area contributed by atoms with Gasteiger partial charge in [0.2, 0.25) is 5.91 Å². The van der Waals surface area contributed by atoms with Crippen LogP contribution in [0.25, 0.3) is 0 Å². The number of piperidine rings is 1. The number of aryl methyl sites for hydroxylation is 1. The molecule has 0 bridgehead atoms. The van der Waals surface area contributed by atoms with Crippen LogP contribution in [-0.4, -0.2) is 41.1 Å². The summed E-state index contributed by atoms with van der Waals surface area (Å²) in [4.78, 5) is 15.2. The molecular weight excluding hydrogens is 286 g/mol. The third-order valence-corrected chi connectivity index (χ3v) is 5.17. The average molecular weight is 307 g/mol. The molecule has 21 heavy (non-hydrogen) atoms. The van der Waals surface area contributed by atoms with Gasteiger partial charge in [-0.25, -0.2) is 0 Å². The van der Waals surface area contributed by atoms with Crippen LogP contribution in [0.3, 0.4) is 0 Å². The predicted octanol–water partition coefficient (Wildman–Crippen LogP) is 2.02. The summed E-state index contributed by atoms with van der Waals surface area (Å²) < 4.78 is 0. The van der Waals surface area contributed by atoms with Gasteiger partial charge < -0.3 is 10.4 Å². The van der Waals surface area contributed by atoms with Crippen molar-refractivity contribution in [3.63, 3.8) is 0 Å². The molecule has 1 amide bonds. The standard InChI is InChI=1S/C15H21N3O2S/c1-10-11(2)21-14(12(10)8-16)17-13(19)9-18-6-4-15(3,20)5-7-18/h20H,4-7,9H2,1-3H3,(H,17,19). The molecule has 1 fully saturated rings. The number of rotatable bonds is 3. The molecule has 1 aliphatic rings. The lowest BCUT2D eigenvalue weighted by atomic mass is 9.94. The van der Waals surface area contributed by atoms with Gasteiger partial charge >= 0.3 is 0 Å². The average Bonchev–Trinajstić information content (AvgIpc) is 2.67. The van der Waals surface area contributed by atoms with Gasteiger partial charge in [0.25, 0.3) is 0 Å². The molecule has 6 heteroatoms. The van der Waals surface area contributed by atoms with Crippen molar-refractivity contribution < 1.29 is 9.90 Å². The lowest BCUT2D eigenvalue weighted by molar-refractivity contribution is -0.118. The molecule has 1 aromatic rings. The number of thiophene rings is 1. The second kappa shape index (κ2) is 6.14. The Bertz CT molecular complexity index is 576. The van der Waals surface area contributed by atoms with Crippen molar-refractivity contribution in [3.05, 3.63) is 16.0 Å². The van der Waals surface area contributed by atoms with E-state index in [1.165, 1.54) is 11.3 Å². The molecule has 0 aliphatic carbocycles. The molecule has 0 radical (unpaired) electrons. The maximum absolute atomic E-state index is 12.1. The van der Waals surface area contributed by atoms with Crippen LogP contribution in [0.1, 0.15) is 35.8 Å². The van der Waals surface area contributed by atoms with Crippen LogP contribution >= 0.6 is 11.3 Å². The van der Waals surface area contributed by atoms with Crippen LogP contribution in [0.2, 0.25) is 0 Å². The quantitative estimate of drug-likeness (QED) is 0.896. The van der Waals surface area contributed by atoms with E-state index < -0.39 is 5.60 Å². The van der Waals surface area contributed by atoms with Crippen molar-refractivity contribution in [2.24, 2.45) is 0 Å². The zero-order valence-corrected chi connectivity index (χ0v) is 13.5. The molecule has 0 spiro atoms. The fourth-order valence-corrected chi connectivity index (χ4v) is 3.44. The summed E-state index contributed by atoms with van der Waals surface area (Å²) in [5.41, 5.74) is 0.891. The molecule has 2 N–H and O–H groups in total. The zero-order chi connectivity index (χ0) is 15.6. The number of nitriles is 1. The minimum Gasteiger partial charge on any atom is -0.390 e. The van der Waals surface area contributed by atoms with Crippen molar-refractivity contribution >= 4 is 22.2 Å². The highest BCUT2D eigenvalue weighted by molar-refractivity contribution is 7.16. The van der Waals surface area contributed by atoms with Gasteiger partial charge in [-0.05, 0) is 39.2 Å². The lowest BCUT2D eigenvalue weighted by Gasteiger charge is -2.35. The van der Waals surface area contributed by atoms with Gasteiger partial charge in [-0.1, -0.05) is 0 Å². The number of amides is 1. The molecule has 114 valence electrons. The van der Waals surface area contributed by atoms with Gasteiger partial charge in [-0.2, -0.15) is 5.26 Å². The molecule has 1 aliphatic heterocycles. The minimum absolute atomic E-state index is 0.103. The van der Waals surface area contributed by atoms with Crippen LogP contribution in [0, 0.1) is 25.2 Å². The number of carbonyl (C=O) groups is 1. The number of likely N-dealkylation sites (tertiary alicyclic amines) is 1. The molecule has 0 unspecified atom stereocenters. The Morgan fingerprint density at radius 3 is 2.67 bits per heavy atom. The van der Waals surface area contributed by atoms with Gasteiger partial charge in [0.05, 0.1) is 17.7 Å². The summed E-state index contributed by atoms with van der Waals surface area (Å²) in [5, 5.41) is 22.6. The van der Waals surface area contributed by atoms with Gasteiger partial charge in [0.1, 0.15) is 11.1 Å². The number of nitrogens with one attached hydrogen (secondary N) is 1. The first-order chi connectivity index (χ1) is 9.82. The van der Waals surface area contributed by atoms with Gasteiger partial charge in [0, 0.05) is 18.0 Å². The van der Waals surface area contributed by atoms with E-state index >= 15 is 0 Å². The van der Waals surface area contributed by atoms with E-state index in [0.717, 1.165) is 10.4 Å². The second-order valence-corrected chi connectivity index (χ2v) is 7.15. The third-order valence-electron chi connectivity index (χ3n) is 4.05. The smallest absolute Gasteiger partial charge is 0.239 e. The minimum atomic E-state index is -0.608. The van der Waals surface area contributed by atoms with Crippen LogP contribution < -0.4 is 5.32 Å². The number of anilines is 1. The van der Waals surface area contributed by atoms with Crippen molar-refractivity contribution in [3.8, 4) is 6.07 Å². The Morgan fingerprint density at radius 1 is 1.48 bits per heavy atom. The van der Waals surface area contributed by atoms with E-state index in [1.54, 1.807) is 0 Å². The second-order valence-electron chi connectivity index (χ2n) is 5.92. The van der Waals surface area contributed by atoms with Crippen molar-refractivity contribution in [2.45, 2.75) is 39.2 Å². The summed E-state index contributed by atoms with van der Waals surface area (Å²) in [6, 6.07) is 2.15. The maximum atomic E-state index is 12.1. The molecule has 2 heterocycles. The summed E-state index contributed by atoms with van der Waals surface area (Å²) >= 11 is 1.44. The first-order valence-electron chi connectivity index (χ1n) is 7.07. The monoisotopic (exact) mass is 307 g/mol. The maximum Gasteiger partial charge on any atom is 0.239 e. The third kappa shape index (κ3) is 3.82. The topological polar surface area (TPSA) is 76.4 Å². The number of hydrogen-bond acceptors (Lipinski definition) is 5. The van der Waals surface area contributed by atoms with Crippen LogP contribution in [-0.2, 0) is 4.79 Å². The van der Waals surface area contributed by atoms with Gasteiger partial charge in [-0.3, -0.25) is 9.69 Å². The number of carbonyl (C=O) groups excluding carboxylic acids is 1. The van der Waals surface area contributed by atoms with Gasteiger partial charge in [0.15, 0.2) is 0 Å². The SMILES string of the molecule is Cc1sc(NC(=O)CN2CCC(C)(O)CC2)c(C#N)c1C. The van der Waals surface area contributed by atoms with Crippen LogP contribution in [0.15, 0.2) is 0 Å². The Labute approximate surface area is 129 Å². The molecule has 5 nitrogen and oxygen atoms in total. The molecule has 1 aromatic heterocycles. The first kappa shape index (κ1) is 16.0. The van der Waals surface area contributed by atoms with E-state index in [0.29, 0.717) is 43.0 Å². The first-order valence-corrected chi connectivity index (χ1v) is 7.89. The molecule has 0 atom stereocenters. The Balaban J connectivity index is 1.94. The van der Waals surface area contributed by atoms with Crippen molar-refractivity contribution in [1.29, 1.82) is 5.26 Å². The zero-order valence-electron chi connectivity index (χ0n) is 12.7. The summed E-state index contributed by atoms with van der Waals surface area (Å²) in [5.74, 6) is -0.103. The summed E-state index contributed by atoms with van der Waals surface area (Å²) in [6.07, 6.45) is 1.36. The fraction of sp³-hybridized carbons (Fsp3) is 0.600. The lowest BCUT2D eigenvalue weighted by Crippen LogP contribution is -2.45. The van der Waals surface area contributed by atoms with E-state index in [1.807, 2.05) is 25.7 Å². The molecular formula is C15H21N3O2S. The fourth-order valence-electron chi connectivity index (χ4n) is 2.41. The molecule has 1 saturated heterocycles. The van der Waals surface area contributed by atoms with Crippen LogP contribution in [0.5, 0.6) is 0 Å². The molecule has 2 rings (SSSR count). The number of hydrogen-bond donors (Lipinski definition) is 2. The molecule has 0 saturated carbocycles. The summed E-state index contributed by atoms with van der Waals surface area (Å²) in [7, 11) is 0. The Hall–Kier alpha value is -1.42. The van der Waals surface area contributed by atoms with Crippen molar-refractivity contribution in [1.82, 2.24) is 4.90 Å². The highest BCUT2D eigenvalue weighted by Gasteiger charge is 2.28. The van der Waals surface area contributed by atoms with Crippen molar-refractivity contribution in [2.75, 3.05) is 25.0 Å². The van der Waals surface area contributed by atoms with Crippen LogP contribution in [0.4, 0.5) is 5.00 Å². The van der Waals surface area contributed by atoms with E-state index in [4.69, 9.17) is 0 Å². The summed E-state index contributed by atoms with van der Waals surface area (Å²) in [6.45, 7) is 7.41. The van der Waals surface area contributed by atoms with Gasteiger partial charge in [-0.15, -0.1) is 11.3 Å². The van der Waals surface area contributed by atoms with E-state index in [2.05, 4.69) is 11.4 Å². The number of nitrogens with zero attached hydrogens (tertiary/aromatic N) is 2. The highest BCUT2D eigenvalue weighted by Crippen LogP contribution is 2.31. The Morgan fingerprint density at radius 2 is 2.10 bits per heavy atom. The largest absolute Gasteiger partial charge is 0.390 e. The normalized spacial score (nSPS) is 18.2. The number of aliphatic hydroxyl groups is 1. The van der Waals surface area contributed by atoms with E-state index in [9.17, 15) is 15.2 Å². The Kier molecular flexibility index (Phi) is 4.67. The van der Waals surface area contributed by atoms with E-state index in [-0.39, 0.29) is 5.91 Å².